The molecule has 3 saturated carbocycles. The van der Waals surface area contributed by atoms with E-state index in [0.717, 1.165) is 24.9 Å². The number of ether oxygens (including phenoxy) is 1. The van der Waals surface area contributed by atoms with Gasteiger partial charge in [0, 0.05) is 61.0 Å². The topological polar surface area (TPSA) is 127 Å². The zero-order valence-electron chi connectivity index (χ0n) is 34.1. The van der Waals surface area contributed by atoms with Gasteiger partial charge in [-0.3, -0.25) is 14.4 Å². The van der Waals surface area contributed by atoms with Crippen molar-refractivity contribution in [2.24, 2.45) is 35.0 Å². The fraction of sp³-hybridized carbons (Fsp3) is 0.667. The third-order valence-electron chi connectivity index (χ3n) is 12.5. The summed E-state index contributed by atoms with van der Waals surface area (Å²) in [5.41, 5.74) is 2.83. The first-order chi connectivity index (χ1) is 25.4. The summed E-state index contributed by atoms with van der Waals surface area (Å²) in [7, 11) is 9.22. The number of aliphatic hydroxyl groups is 2. The van der Waals surface area contributed by atoms with Gasteiger partial charge in [0.25, 0.3) is 5.91 Å². The highest BCUT2D eigenvalue weighted by Crippen LogP contribution is 2.61. The van der Waals surface area contributed by atoms with E-state index in [1.807, 2.05) is 45.2 Å². The van der Waals surface area contributed by atoms with Gasteiger partial charge in [-0.2, -0.15) is 5.06 Å². The van der Waals surface area contributed by atoms with Gasteiger partial charge >= 0.3 is 0 Å². The summed E-state index contributed by atoms with van der Waals surface area (Å²) < 4.78 is 22.0. The third kappa shape index (κ3) is 8.58. The standard InChI is InChI=1S/C42H64FN5O6/c1-23(2)14-29(20-46(7)8)44-40(51)27-15-26(16-30(17-27)47(9)10)31-12-13-34(43)32(39(31)53-11)21-48-38(37(25(4)50)36(22-49)54-48)41(52)45-35-19-28-18-33(24(35)3)42(28,5)6/h12-13,15-17,23-25,28-29,33,35-38,49-50H,14,18-22H2,1-11H3,(H,44,51)(H,45,52)/t24-,25-,28-,29-,33-,35?,36-,37-,38-/m0/s1. The van der Waals surface area contributed by atoms with E-state index in [1.165, 1.54) is 18.2 Å². The van der Waals surface area contributed by atoms with Crippen molar-refractivity contribution in [2.75, 3.05) is 53.4 Å². The molecule has 3 aliphatic carbocycles. The van der Waals surface area contributed by atoms with Crippen LogP contribution in [-0.4, -0.2) is 111 Å². The van der Waals surface area contributed by atoms with Gasteiger partial charge in [-0.25, -0.2) is 4.39 Å². The molecule has 2 aromatic rings. The fourth-order valence-corrected chi connectivity index (χ4v) is 9.47. The molecule has 12 heteroatoms. The van der Waals surface area contributed by atoms with Gasteiger partial charge in [0.15, 0.2) is 0 Å². The normalized spacial score (nSPS) is 27.4. The number of halogens is 1. The SMILES string of the molecule is COc1c(-c2cc(C(=O)N[C@@H](CC(C)C)CN(C)C)cc(N(C)C)c2)ccc(F)c1CN1O[C@@H](CO)[C@H]([C@H](C)O)[C@H]1C(=O)NC1C[C@@H]2C[C@@H]([C@@H]1C)C2(C)C. The van der Waals surface area contributed by atoms with E-state index in [4.69, 9.17) is 9.57 Å². The van der Waals surface area contributed by atoms with Crippen molar-refractivity contribution in [2.45, 2.75) is 97.7 Å². The molecule has 9 atom stereocenters. The number of nitrogens with zero attached hydrogens (tertiary/aromatic N) is 3. The molecule has 6 rings (SSSR count). The lowest BCUT2D eigenvalue weighted by molar-refractivity contribution is -0.183. The zero-order chi connectivity index (χ0) is 39.8. The van der Waals surface area contributed by atoms with Crippen molar-refractivity contribution < 1.29 is 33.8 Å². The van der Waals surface area contributed by atoms with Gasteiger partial charge in [-0.1, -0.05) is 34.6 Å². The molecule has 0 aromatic heterocycles. The second-order valence-electron chi connectivity index (χ2n) is 17.6. The van der Waals surface area contributed by atoms with Crippen LogP contribution < -0.4 is 20.3 Å². The number of likely N-dealkylation sites (N-methyl/N-ethyl adjacent to an activating group) is 1. The highest BCUT2D eigenvalue weighted by atomic mass is 19.1. The van der Waals surface area contributed by atoms with Gasteiger partial charge < -0.3 is 35.4 Å². The lowest BCUT2D eigenvalue weighted by Crippen LogP contribution is -2.62. The molecule has 1 heterocycles. The summed E-state index contributed by atoms with van der Waals surface area (Å²) in [6.45, 7) is 12.7. The van der Waals surface area contributed by atoms with E-state index in [1.54, 1.807) is 19.1 Å². The maximum Gasteiger partial charge on any atom is 0.251 e. The van der Waals surface area contributed by atoms with Crippen LogP contribution >= 0.6 is 0 Å². The van der Waals surface area contributed by atoms with Gasteiger partial charge in [0.05, 0.1) is 26.4 Å². The van der Waals surface area contributed by atoms with E-state index in [-0.39, 0.29) is 53.1 Å². The second-order valence-corrected chi connectivity index (χ2v) is 17.6. The molecule has 0 spiro atoms. The molecule has 2 aromatic carbocycles. The number of hydrogen-bond acceptors (Lipinski definition) is 9. The molecule has 1 unspecified atom stereocenters. The summed E-state index contributed by atoms with van der Waals surface area (Å²) in [6.07, 6.45) is 0.989. The van der Waals surface area contributed by atoms with E-state index < -0.39 is 36.6 Å². The van der Waals surface area contributed by atoms with Crippen molar-refractivity contribution in [3.8, 4) is 16.9 Å². The minimum absolute atomic E-state index is 0.0348. The predicted molar refractivity (Wildman–Crippen MR) is 210 cm³/mol. The molecule has 2 amide bonds. The van der Waals surface area contributed by atoms with Crippen molar-refractivity contribution in [1.82, 2.24) is 20.6 Å². The average Bonchev–Trinajstić information content (AvgIpc) is 3.47. The number of hydrogen-bond donors (Lipinski definition) is 4. The highest BCUT2D eigenvalue weighted by Gasteiger charge is 2.57. The third-order valence-corrected chi connectivity index (χ3v) is 12.5. The first kappa shape index (κ1) is 41.9. The number of nitrogens with one attached hydrogen (secondary N) is 2. The number of anilines is 1. The van der Waals surface area contributed by atoms with E-state index in [2.05, 4.69) is 50.2 Å². The Morgan fingerprint density at radius 1 is 1.11 bits per heavy atom. The van der Waals surface area contributed by atoms with Crippen LogP contribution in [0.2, 0.25) is 0 Å². The maximum atomic E-state index is 16.0. The van der Waals surface area contributed by atoms with Crippen LogP contribution in [0.15, 0.2) is 30.3 Å². The quantitative estimate of drug-likeness (QED) is 0.200. The van der Waals surface area contributed by atoms with Gasteiger partial charge in [0.2, 0.25) is 5.91 Å². The van der Waals surface area contributed by atoms with Crippen LogP contribution in [0, 0.1) is 40.8 Å². The second kappa shape index (κ2) is 16.8. The molecular weight excluding hydrogens is 689 g/mol. The zero-order valence-corrected chi connectivity index (χ0v) is 34.1. The van der Waals surface area contributed by atoms with Crippen LogP contribution in [0.5, 0.6) is 5.75 Å². The van der Waals surface area contributed by atoms with E-state index in [9.17, 15) is 19.8 Å². The molecule has 4 fully saturated rings. The molecule has 2 bridgehead atoms. The Kier molecular flexibility index (Phi) is 13.0. The van der Waals surface area contributed by atoms with Crippen LogP contribution in [0.4, 0.5) is 10.1 Å². The minimum Gasteiger partial charge on any atom is -0.496 e. The number of hydroxylamine groups is 2. The number of fused-ring (bicyclic) bond motifs is 2. The summed E-state index contributed by atoms with van der Waals surface area (Å²) in [5.74, 6) is 0.0773. The lowest BCUT2D eigenvalue weighted by atomic mass is 9.45. The summed E-state index contributed by atoms with van der Waals surface area (Å²) in [5, 5.41) is 29.2. The van der Waals surface area contributed by atoms with E-state index in [0.29, 0.717) is 41.0 Å². The summed E-state index contributed by atoms with van der Waals surface area (Å²) >= 11 is 0. The van der Waals surface area contributed by atoms with Crippen molar-refractivity contribution in [3.63, 3.8) is 0 Å². The van der Waals surface area contributed by atoms with Gasteiger partial charge in [-0.15, -0.1) is 0 Å². The van der Waals surface area contributed by atoms with Gasteiger partial charge in [0.1, 0.15) is 23.7 Å². The number of methoxy groups -OCH3 is 1. The lowest BCUT2D eigenvalue weighted by Gasteiger charge is -2.62. The molecule has 300 valence electrons. The van der Waals surface area contributed by atoms with Crippen LogP contribution in [-0.2, 0) is 16.2 Å². The first-order valence-corrected chi connectivity index (χ1v) is 19.5. The van der Waals surface area contributed by atoms with Gasteiger partial charge in [-0.05, 0) is 105 Å². The molecule has 4 aliphatic rings. The number of aliphatic hydroxyl groups excluding tert-OH is 2. The number of benzene rings is 2. The fourth-order valence-electron chi connectivity index (χ4n) is 9.47. The van der Waals surface area contributed by atoms with E-state index >= 15 is 4.39 Å². The molecule has 54 heavy (non-hydrogen) atoms. The van der Waals surface area contributed by atoms with Crippen LogP contribution in [0.3, 0.4) is 0 Å². The molecule has 1 saturated heterocycles. The Labute approximate surface area is 321 Å². The number of amides is 2. The highest BCUT2D eigenvalue weighted by molar-refractivity contribution is 5.97. The average molecular weight is 754 g/mol. The minimum atomic E-state index is -0.998. The van der Waals surface area contributed by atoms with Crippen molar-refractivity contribution >= 4 is 17.5 Å². The van der Waals surface area contributed by atoms with Crippen LogP contribution in [0.25, 0.3) is 11.1 Å². The molecule has 1 aliphatic heterocycles. The summed E-state index contributed by atoms with van der Waals surface area (Å²) in [6, 6.07) is 7.44. The number of carbonyl (C=O) groups excluding carboxylic acids is 2. The molecule has 0 radical (unpaired) electrons. The Morgan fingerprint density at radius 3 is 2.37 bits per heavy atom. The first-order valence-electron chi connectivity index (χ1n) is 19.5. The number of rotatable bonds is 15. The van der Waals surface area contributed by atoms with Crippen LogP contribution in [0.1, 0.15) is 76.7 Å². The maximum absolute atomic E-state index is 16.0. The largest absolute Gasteiger partial charge is 0.496 e. The summed E-state index contributed by atoms with van der Waals surface area (Å²) in [4.78, 5) is 38.2. The Bertz CT molecular complexity index is 1640. The molecular formula is C42H64FN5O6. The molecule has 4 N–H and O–H groups in total. The van der Waals surface area contributed by atoms with Crippen molar-refractivity contribution in [1.29, 1.82) is 0 Å². The predicted octanol–water partition coefficient (Wildman–Crippen LogP) is 4.93. The Balaban J connectivity index is 1.48. The smallest absolute Gasteiger partial charge is 0.251 e. The Morgan fingerprint density at radius 2 is 1.81 bits per heavy atom. The molecule has 11 nitrogen and oxygen atoms in total. The van der Waals surface area contributed by atoms with Crippen molar-refractivity contribution in [3.05, 3.63) is 47.3 Å². The number of carbonyl (C=O) groups is 2. The Hall–Kier alpha value is -3.29. The monoisotopic (exact) mass is 753 g/mol.